The first-order valence-corrected chi connectivity index (χ1v) is 9.46. The Balaban J connectivity index is 1.75. The molecule has 1 N–H and O–H groups in total. The quantitative estimate of drug-likeness (QED) is 0.267. The highest BCUT2D eigenvalue weighted by molar-refractivity contribution is 6.30. The fourth-order valence-corrected chi connectivity index (χ4v) is 3.23. The van der Waals surface area contributed by atoms with Crippen molar-refractivity contribution in [3.63, 3.8) is 0 Å². The number of hydrogen-bond donors (Lipinski definition) is 1. The van der Waals surface area contributed by atoms with Crippen molar-refractivity contribution in [2.75, 3.05) is 17.4 Å². The summed E-state index contributed by atoms with van der Waals surface area (Å²) in [7, 11) is 1.67. The molecule has 0 fully saturated rings. The maximum absolute atomic E-state index is 6.10. The number of halogens is 1. The zero-order chi connectivity index (χ0) is 20.9. The van der Waals surface area contributed by atoms with Crippen molar-refractivity contribution in [3.05, 3.63) is 72.3 Å². The number of aliphatic imine (C=N–C) groups is 1. The molecule has 2 aromatic carbocycles. The monoisotopic (exact) mass is 415 g/mol. The second kappa shape index (κ2) is 8.67. The lowest BCUT2D eigenvalue weighted by Gasteiger charge is -2.14. The number of benzene rings is 2. The van der Waals surface area contributed by atoms with Crippen LogP contribution in [0.15, 0.2) is 77.3 Å². The second-order valence-corrected chi connectivity index (χ2v) is 6.82. The van der Waals surface area contributed by atoms with Gasteiger partial charge in [0.25, 0.3) is 0 Å². The molecule has 0 saturated heterocycles. The summed E-state index contributed by atoms with van der Waals surface area (Å²) in [6.45, 7) is 3.58. The molecular formula is C22H18ClN7. The van der Waals surface area contributed by atoms with Crippen molar-refractivity contribution in [2.45, 2.75) is 0 Å². The minimum atomic E-state index is 0.651. The molecule has 4 aromatic rings. The molecule has 4 rings (SSSR count). The maximum atomic E-state index is 6.10. The average molecular weight is 416 g/mol. The van der Waals surface area contributed by atoms with Crippen LogP contribution in [0.1, 0.15) is 0 Å². The first kappa shape index (κ1) is 19.5. The Bertz CT molecular complexity index is 1240. The van der Waals surface area contributed by atoms with Crippen LogP contribution in [-0.2, 0) is 0 Å². The van der Waals surface area contributed by atoms with Gasteiger partial charge >= 0.3 is 0 Å². The number of rotatable bonds is 6. The van der Waals surface area contributed by atoms with Crippen molar-refractivity contribution in [3.8, 4) is 11.1 Å². The molecule has 0 aliphatic rings. The molecule has 0 amide bonds. The van der Waals surface area contributed by atoms with E-state index in [2.05, 4.69) is 37.1 Å². The number of pyridine rings is 1. The Morgan fingerprint density at radius 1 is 1.07 bits per heavy atom. The first-order chi connectivity index (χ1) is 14.7. The van der Waals surface area contributed by atoms with Gasteiger partial charge in [-0.25, -0.2) is 15.0 Å². The summed E-state index contributed by atoms with van der Waals surface area (Å²) in [5.74, 6) is 0.695. The normalized spacial score (nSPS) is 11.0. The summed E-state index contributed by atoms with van der Waals surface area (Å²) in [6, 6.07) is 15.4. The Morgan fingerprint density at radius 3 is 2.77 bits per heavy atom. The van der Waals surface area contributed by atoms with E-state index >= 15 is 0 Å². The van der Waals surface area contributed by atoms with Crippen LogP contribution < -0.4 is 10.3 Å². The molecule has 0 spiro atoms. The van der Waals surface area contributed by atoms with Gasteiger partial charge in [0.2, 0.25) is 0 Å². The summed E-state index contributed by atoms with van der Waals surface area (Å²) < 4.78 is 0. The highest BCUT2D eigenvalue weighted by Gasteiger charge is 2.09. The standard InChI is InChI=1S/C22H18ClN7/c1-24-14-30(25-2)19-8-16(11-26-12-19)15-6-7-21-20(9-15)22(28-13-27-21)29-18-5-3-4-17(23)10-18/h3-14H,2H2,1H3,(H,27,28,29)/b24-14-. The predicted molar refractivity (Wildman–Crippen MR) is 124 cm³/mol. The Labute approximate surface area is 178 Å². The predicted octanol–water partition coefficient (Wildman–Crippen LogP) is 5.17. The van der Waals surface area contributed by atoms with Gasteiger partial charge in [-0.05, 0) is 42.0 Å². The molecule has 0 radical (unpaired) electrons. The van der Waals surface area contributed by atoms with Crippen molar-refractivity contribution in [2.24, 2.45) is 10.1 Å². The summed E-state index contributed by atoms with van der Waals surface area (Å²) in [5.41, 5.74) is 4.33. The van der Waals surface area contributed by atoms with Gasteiger partial charge in [-0.2, -0.15) is 5.10 Å². The van der Waals surface area contributed by atoms with Gasteiger partial charge < -0.3 is 5.32 Å². The van der Waals surface area contributed by atoms with Crippen molar-refractivity contribution < 1.29 is 0 Å². The van der Waals surface area contributed by atoms with Crippen molar-refractivity contribution in [1.82, 2.24) is 15.0 Å². The van der Waals surface area contributed by atoms with Crippen LogP contribution in [0.2, 0.25) is 5.02 Å². The van der Waals surface area contributed by atoms with E-state index in [9.17, 15) is 0 Å². The minimum Gasteiger partial charge on any atom is -0.340 e. The summed E-state index contributed by atoms with van der Waals surface area (Å²) in [5, 5.41) is 10.4. The maximum Gasteiger partial charge on any atom is 0.141 e. The van der Waals surface area contributed by atoms with Crippen LogP contribution in [0, 0.1) is 0 Å². The molecular weight excluding hydrogens is 398 g/mol. The van der Waals surface area contributed by atoms with Crippen LogP contribution in [0.3, 0.4) is 0 Å². The van der Waals surface area contributed by atoms with Gasteiger partial charge in [-0.15, -0.1) is 0 Å². The van der Waals surface area contributed by atoms with E-state index in [-0.39, 0.29) is 0 Å². The SMILES string of the molecule is C=NN(/C=N\C)c1cncc(-c2ccc3ncnc(Nc4cccc(Cl)c4)c3c2)c1. The van der Waals surface area contributed by atoms with Gasteiger partial charge in [-0.3, -0.25) is 9.98 Å². The van der Waals surface area contributed by atoms with Gasteiger partial charge in [-0.1, -0.05) is 23.7 Å². The number of nitrogens with one attached hydrogen (secondary N) is 1. The molecule has 8 heteroatoms. The highest BCUT2D eigenvalue weighted by atomic mass is 35.5. The topological polar surface area (TPSA) is 78.7 Å². The molecule has 7 nitrogen and oxygen atoms in total. The van der Waals surface area contributed by atoms with Gasteiger partial charge in [0, 0.05) is 41.6 Å². The second-order valence-electron chi connectivity index (χ2n) is 6.38. The van der Waals surface area contributed by atoms with E-state index in [1.165, 1.54) is 6.33 Å². The third-order valence-corrected chi connectivity index (χ3v) is 4.66. The molecule has 0 bridgehead atoms. The average Bonchev–Trinajstić information content (AvgIpc) is 2.77. The largest absolute Gasteiger partial charge is 0.340 e. The zero-order valence-electron chi connectivity index (χ0n) is 16.2. The van der Waals surface area contributed by atoms with Gasteiger partial charge in [0.1, 0.15) is 18.5 Å². The zero-order valence-corrected chi connectivity index (χ0v) is 17.0. The van der Waals surface area contributed by atoms with E-state index in [0.717, 1.165) is 33.4 Å². The Hall–Kier alpha value is -3.84. The molecule has 30 heavy (non-hydrogen) atoms. The van der Waals surface area contributed by atoms with Crippen molar-refractivity contribution in [1.29, 1.82) is 0 Å². The number of hydrazone groups is 1. The number of anilines is 3. The third-order valence-electron chi connectivity index (χ3n) is 4.42. The third kappa shape index (κ3) is 4.11. The molecule has 2 heterocycles. The lowest BCUT2D eigenvalue weighted by atomic mass is 10.0. The number of nitrogens with zero attached hydrogens (tertiary/aromatic N) is 6. The summed E-state index contributed by atoms with van der Waals surface area (Å²) in [4.78, 5) is 17.1. The van der Waals surface area contributed by atoms with E-state index in [0.29, 0.717) is 10.8 Å². The van der Waals surface area contributed by atoms with Crippen LogP contribution in [-0.4, -0.2) is 35.1 Å². The number of aromatic nitrogens is 3. The van der Waals surface area contributed by atoms with E-state index in [1.54, 1.807) is 30.8 Å². The van der Waals surface area contributed by atoms with Crippen LogP contribution in [0.5, 0.6) is 0 Å². The molecule has 2 aromatic heterocycles. The smallest absolute Gasteiger partial charge is 0.141 e. The molecule has 0 saturated carbocycles. The molecule has 148 valence electrons. The number of hydrogen-bond acceptors (Lipinski definition) is 6. The highest BCUT2D eigenvalue weighted by Crippen LogP contribution is 2.30. The summed E-state index contributed by atoms with van der Waals surface area (Å²) in [6.07, 6.45) is 6.61. The van der Waals surface area contributed by atoms with Crippen LogP contribution in [0.25, 0.3) is 22.0 Å². The Kier molecular flexibility index (Phi) is 5.63. The first-order valence-electron chi connectivity index (χ1n) is 9.09. The van der Waals surface area contributed by atoms with Gasteiger partial charge in [0.15, 0.2) is 0 Å². The fourth-order valence-electron chi connectivity index (χ4n) is 3.04. The van der Waals surface area contributed by atoms with E-state index in [1.807, 2.05) is 48.5 Å². The fraction of sp³-hybridized carbons (Fsp3) is 0.0455. The van der Waals surface area contributed by atoms with Crippen molar-refractivity contribution >= 4 is 52.8 Å². The van der Waals surface area contributed by atoms with Crippen LogP contribution >= 0.6 is 11.6 Å². The van der Waals surface area contributed by atoms with Gasteiger partial charge in [0.05, 0.1) is 17.4 Å². The van der Waals surface area contributed by atoms with Crippen LogP contribution in [0.4, 0.5) is 17.2 Å². The summed E-state index contributed by atoms with van der Waals surface area (Å²) >= 11 is 6.10. The molecule has 0 aliphatic heterocycles. The molecule has 0 unspecified atom stereocenters. The lowest BCUT2D eigenvalue weighted by molar-refractivity contribution is 1.14. The molecule has 0 atom stereocenters. The lowest BCUT2D eigenvalue weighted by Crippen LogP contribution is -2.12. The Morgan fingerprint density at radius 2 is 1.97 bits per heavy atom. The van der Waals surface area contributed by atoms with E-state index < -0.39 is 0 Å². The molecule has 0 aliphatic carbocycles. The van der Waals surface area contributed by atoms with E-state index in [4.69, 9.17) is 11.6 Å². The minimum absolute atomic E-state index is 0.651. The number of fused-ring (bicyclic) bond motifs is 1.